The molecule has 0 aromatic heterocycles. The smallest absolute Gasteiger partial charge is 0.271 e. The molecule has 0 saturated carbocycles. The van der Waals surface area contributed by atoms with E-state index < -0.39 is 10.2 Å². The van der Waals surface area contributed by atoms with E-state index in [-0.39, 0.29) is 0 Å². The van der Waals surface area contributed by atoms with Crippen molar-refractivity contribution in [2.75, 3.05) is 23.1 Å². The standard InChI is InChI=1S/C13H21BrN2O2S/c1-3-16(4-2)19(17,18)15-13-9-5-7-12(11-13)8-6-10-14/h5,7,9,11,15H,3-4,6,8,10H2,1-2H3. The van der Waals surface area contributed by atoms with Crippen LogP contribution in [0.2, 0.25) is 0 Å². The first-order valence-electron chi connectivity index (χ1n) is 6.46. The molecule has 0 radical (unpaired) electrons. The maximum atomic E-state index is 12.1. The maximum Gasteiger partial charge on any atom is 0.301 e. The lowest BCUT2D eigenvalue weighted by Crippen LogP contribution is -2.35. The normalized spacial score (nSPS) is 11.8. The quantitative estimate of drug-likeness (QED) is 0.734. The first-order chi connectivity index (χ1) is 9.03. The van der Waals surface area contributed by atoms with Gasteiger partial charge in [0.2, 0.25) is 0 Å². The van der Waals surface area contributed by atoms with Crippen LogP contribution in [-0.4, -0.2) is 31.1 Å². The van der Waals surface area contributed by atoms with Crippen LogP contribution in [0, 0.1) is 0 Å². The van der Waals surface area contributed by atoms with Crippen molar-refractivity contribution in [3.8, 4) is 0 Å². The highest BCUT2D eigenvalue weighted by molar-refractivity contribution is 9.09. The van der Waals surface area contributed by atoms with Crippen LogP contribution in [0.5, 0.6) is 0 Å². The molecule has 1 rings (SSSR count). The Balaban J connectivity index is 2.81. The van der Waals surface area contributed by atoms with Crippen LogP contribution in [-0.2, 0) is 16.6 Å². The maximum absolute atomic E-state index is 12.1. The summed E-state index contributed by atoms with van der Waals surface area (Å²) in [6.45, 7) is 4.59. The number of benzene rings is 1. The Labute approximate surface area is 124 Å². The second-order valence-electron chi connectivity index (χ2n) is 4.18. The van der Waals surface area contributed by atoms with Gasteiger partial charge in [-0.2, -0.15) is 12.7 Å². The summed E-state index contributed by atoms with van der Waals surface area (Å²) in [7, 11) is -3.44. The fraction of sp³-hybridized carbons (Fsp3) is 0.538. The molecule has 1 N–H and O–H groups in total. The third-order valence-corrected chi connectivity index (χ3v) is 5.07. The molecule has 108 valence electrons. The largest absolute Gasteiger partial charge is 0.301 e. The summed E-state index contributed by atoms with van der Waals surface area (Å²) < 4.78 is 28.2. The minimum Gasteiger partial charge on any atom is -0.271 e. The van der Waals surface area contributed by atoms with E-state index in [1.54, 1.807) is 6.07 Å². The van der Waals surface area contributed by atoms with Gasteiger partial charge in [0.15, 0.2) is 0 Å². The topological polar surface area (TPSA) is 49.4 Å². The molecule has 6 heteroatoms. The Hall–Kier alpha value is -0.590. The second-order valence-corrected chi connectivity index (χ2v) is 6.65. The van der Waals surface area contributed by atoms with Crippen LogP contribution >= 0.6 is 15.9 Å². The summed E-state index contributed by atoms with van der Waals surface area (Å²) in [4.78, 5) is 0. The molecule has 0 spiro atoms. The van der Waals surface area contributed by atoms with Crippen LogP contribution < -0.4 is 4.72 Å². The van der Waals surface area contributed by atoms with Gasteiger partial charge in [-0.15, -0.1) is 0 Å². The number of nitrogens with zero attached hydrogens (tertiary/aromatic N) is 1. The van der Waals surface area contributed by atoms with Gasteiger partial charge in [0.25, 0.3) is 0 Å². The first kappa shape index (κ1) is 16.5. The van der Waals surface area contributed by atoms with Crippen molar-refractivity contribution >= 4 is 31.8 Å². The summed E-state index contributed by atoms with van der Waals surface area (Å²) in [5, 5.41) is 0.947. The van der Waals surface area contributed by atoms with Crippen LogP contribution in [0.3, 0.4) is 0 Å². The van der Waals surface area contributed by atoms with Gasteiger partial charge in [0.05, 0.1) is 5.69 Å². The molecule has 0 aliphatic heterocycles. The van der Waals surface area contributed by atoms with Crippen molar-refractivity contribution in [1.82, 2.24) is 4.31 Å². The van der Waals surface area contributed by atoms with Gasteiger partial charge in [-0.3, -0.25) is 4.72 Å². The molecule has 0 saturated heterocycles. The third kappa shape index (κ3) is 5.12. The fourth-order valence-electron chi connectivity index (χ4n) is 1.84. The highest BCUT2D eigenvalue weighted by Crippen LogP contribution is 2.15. The van der Waals surface area contributed by atoms with E-state index in [2.05, 4.69) is 20.7 Å². The van der Waals surface area contributed by atoms with E-state index >= 15 is 0 Å². The molecular formula is C13H21BrN2O2S. The zero-order valence-electron chi connectivity index (χ0n) is 11.4. The number of halogens is 1. The van der Waals surface area contributed by atoms with Crippen molar-refractivity contribution in [1.29, 1.82) is 0 Å². The van der Waals surface area contributed by atoms with E-state index in [1.807, 2.05) is 32.0 Å². The summed E-state index contributed by atoms with van der Waals surface area (Å²) in [5.41, 5.74) is 1.76. The summed E-state index contributed by atoms with van der Waals surface area (Å²) in [6.07, 6.45) is 1.97. The molecule has 0 unspecified atom stereocenters. The lowest BCUT2D eigenvalue weighted by atomic mass is 10.1. The van der Waals surface area contributed by atoms with Crippen LogP contribution in [0.25, 0.3) is 0 Å². The Morgan fingerprint density at radius 3 is 2.53 bits per heavy atom. The van der Waals surface area contributed by atoms with Crippen molar-refractivity contribution in [2.24, 2.45) is 0 Å². The molecule has 0 fully saturated rings. The Bertz CT molecular complexity index is 487. The number of rotatable bonds is 8. The molecule has 0 amide bonds. The van der Waals surface area contributed by atoms with E-state index in [9.17, 15) is 8.42 Å². The summed E-state index contributed by atoms with van der Waals surface area (Å²) in [6, 6.07) is 7.56. The average Bonchev–Trinajstić information content (AvgIpc) is 2.37. The highest BCUT2D eigenvalue weighted by Gasteiger charge is 2.18. The number of alkyl halides is 1. The Kier molecular flexibility index (Phi) is 6.82. The SMILES string of the molecule is CCN(CC)S(=O)(=O)Nc1cccc(CCCBr)c1. The van der Waals surface area contributed by atoms with Gasteiger partial charge >= 0.3 is 10.2 Å². The average molecular weight is 349 g/mol. The molecule has 0 bridgehead atoms. The first-order valence-corrected chi connectivity index (χ1v) is 9.02. The van der Waals surface area contributed by atoms with Gasteiger partial charge < -0.3 is 0 Å². The van der Waals surface area contributed by atoms with Gasteiger partial charge in [-0.05, 0) is 30.5 Å². The van der Waals surface area contributed by atoms with Crippen molar-refractivity contribution in [2.45, 2.75) is 26.7 Å². The zero-order chi connectivity index (χ0) is 14.3. The van der Waals surface area contributed by atoms with Gasteiger partial charge in [0, 0.05) is 18.4 Å². The van der Waals surface area contributed by atoms with Gasteiger partial charge in [0.1, 0.15) is 0 Å². The van der Waals surface area contributed by atoms with Gasteiger partial charge in [-0.25, -0.2) is 0 Å². The second kappa shape index (κ2) is 7.87. The third-order valence-electron chi connectivity index (χ3n) is 2.82. The highest BCUT2D eigenvalue weighted by atomic mass is 79.9. The van der Waals surface area contributed by atoms with Crippen molar-refractivity contribution < 1.29 is 8.42 Å². The molecular weight excluding hydrogens is 328 g/mol. The predicted molar refractivity (Wildman–Crippen MR) is 84.0 cm³/mol. The fourth-order valence-corrected chi connectivity index (χ4v) is 3.35. The molecule has 4 nitrogen and oxygen atoms in total. The molecule has 0 aliphatic rings. The predicted octanol–water partition coefficient (Wildman–Crippen LogP) is 3.01. The van der Waals surface area contributed by atoms with Crippen molar-refractivity contribution in [3.05, 3.63) is 29.8 Å². The van der Waals surface area contributed by atoms with E-state index in [4.69, 9.17) is 0 Å². The summed E-state index contributed by atoms with van der Waals surface area (Å²) in [5.74, 6) is 0. The van der Waals surface area contributed by atoms with Crippen LogP contribution in [0.1, 0.15) is 25.8 Å². The van der Waals surface area contributed by atoms with E-state index in [0.29, 0.717) is 18.8 Å². The Morgan fingerprint density at radius 2 is 1.95 bits per heavy atom. The molecule has 0 heterocycles. The van der Waals surface area contributed by atoms with E-state index in [0.717, 1.165) is 23.7 Å². The number of aryl methyl sites for hydroxylation is 1. The minimum atomic E-state index is -3.44. The molecule has 1 aromatic carbocycles. The number of hydrogen-bond donors (Lipinski definition) is 1. The monoisotopic (exact) mass is 348 g/mol. The molecule has 0 atom stereocenters. The molecule has 19 heavy (non-hydrogen) atoms. The lowest BCUT2D eigenvalue weighted by molar-refractivity contribution is 0.449. The minimum absolute atomic E-state index is 0.467. The zero-order valence-corrected chi connectivity index (χ0v) is 13.8. The van der Waals surface area contributed by atoms with Crippen molar-refractivity contribution in [3.63, 3.8) is 0 Å². The summed E-state index contributed by atoms with van der Waals surface area (Å²) >= 11 is 3.39. The molecule has 0 aliphatic carbocycles. The number of nitrogens with one attached hydrogen (secondary N) is 1. The van der Waals surface area contributed by atoms with E-state index in [1.165, 1.54) is 4.31 Å². The Morgan fingerprint density at radius 1 is 1.26 bits per heavy atom. The van der Waals surface area contributed by atoms with Crippen LogP contribution in [0.4, 0.5) is 5.69 Å². The van der Waals surface area contributed by atoms with Crippen LogP contribution in [0.15, 0.2) is 24.3 Å². The number of hydrogen-bond acceptors (Lipinski definition) is 2. The number of anilines is 1. The van der Waals surface area contributed by atoms with Gasteiger partial charge in [-0.1, -0.05) is 41.9 Å². The lowest BCUT2D eigenvalue weighted by Gasteiger charge is -2.19. The molecule has 1 aromatic rings.